The van der Waals surface area contributed by atoms with Gasteiger partial charge in [0.2, 0.25) is 5.91 Å². The van der Waals surface area contributed by atoms with Gasteiger partial charge in [-0.1, -0.05) is 13.0 Å². The van der Waals surface area contributed by atoms with Crippen molar-refractivity contribution in [1.29, 1.82) is 0 Å². The number of hydrogen-bond donors (Lipinski definition) is 1. The van der Waals surface area contributed by atoms with Gasteiger partial charge >= 0.3 is 5.97 Å². The summed E-state index contributed by atoms with van der Waals surface area (Å²) in [4.78, 5) is 26.0. The molecule has 0 radical (unpaired) electrons. The number of aliphatic carboxylic acids is 1. The highest BCUT2D eigenvalue weighted by molar-refractivity contribution is 7.09. The zero-order valence-corrected chi connectivity index (χ0v) is 11.2. The van der Waals surface area contributed by atoms with E-state index >= 15 is 0 Å². The van der Waals surface area contributed by atoms with E-state index in [0.29, 0.717) is 19.4 Å². The Bertz CT molecular complexity index is 429. The predicted molar refractivity (Wildman–Crippen MR) is 69.6 cm³/mol. The molecule has 4 nitrogen and oxygen atoms in total. The molecule has 2 unspecified atom stereocenters. The normalized spacial score (nSPS) is 20.9. The first kappa shape index (κ1) is 13.1. The Hall–Kier alpha value is -1.36. The van der Waals surface area contributed by atoms with Gasteiger partial charge in [-0.05, 0) is 30.7 Å². The van der Waals surface area contributed by atoms with Crippen molar-refractivity contribution < 1.29 is 14.7 Å². The molecule has 2 rings (SSSR count). The third-order valence-electron chi connectivity index (χ3n) is 3.33. The number of thiophene rings is 1. The maximum absolute atomic E-state index is 12.3. The van der Waals surface area contributed by atoms with Gasteiger partial charge in [0.05, 0.1) is 0 Å². The van der Waals surface area contributed by atoms with Crippen molar-refractivity contribution in [1.82, 2.24) is 4.90 Å². The van der Waals surface area contributed by atoms with Crippen LogP contribution >= 0.6 is 11.3 Å². The predicted octanol–water partition coefficient (Wildman–Crippen LogP) is 2.00. The van der Waals surface area contributed by atoms with Gasteiger partial charge in [-0.15, -0.1) is 11.3 Å². The summed E-state index contributed by atoms with van der Waals surface area (Å²) in [6.45, 7) is 2.45. The SMILES string of the molecule is CC(Cc1cccs1)C(=O)N1CCCC1C(=O)O. The van der Waals surface area contributed by atoms with Crippen LogP contribution in [0.3, 0.4) is 0 Å². The molecular weight excluding hydrogens is 250 g/mol. The number of carboxylic acids is 1. The summed E-state index contributed by atoms with van der Waals surface area (Å²) >= 11 is 1.63. The molecule has 0 aromatic carbocycles. The van der Waals surface area contributed by atoms with Crippen molar-refractivity contribution in [2.75, 3.05) is 6.54 Å². The molecule has 1 amide bonds. The molecule has 0 saturated carbocycles. The van der Waals surface area contributed by atoms with Gasteiger partial charge in [-0.25, -0.2) is 4.79 Å². The summed E-state index contributed by atoms with van der Waals surface area (Å²) in [5.41, 5.74) is 0. The molecule has 2 atom stereocenters. The number of amides is 1. The van der Waals surface area contributed by atoms with Gasteiger partial charge in [-0.2, -0.15) is 0 Å². The third-order valence-corrected chi connectivity index (χ3v) is 4.23. The minimum absolute atomic E-state index is 0.0340. The number of carboxylic acid groups (broad SMARTS) is 1. The van der Waals surface area contributed by atoms with Gasteiger partial charge < -0.3 is 10.0 Å². The summed E-state index contributed by atoms with van der Waals surface area (Å²) < 4.78 is 0. The van der Waals surface area contributed by atoms with Crippen LogP contribution in [0.4, 0.5) is 0 Å². The summed E-state index contributed by atoms with van der Waals surface area (Å²) in [5.74, 6) is -1.07. The van der Waals surface area contributed by atoms with E-state index in [1.54, 1.807) is 11.3 Å². The Labute approximate surface area is 110 Å². The zero-order chi connectivity index (χ0) is 13.1. The lowest BCUT2D eigenvalue weighted by Gasteiger charge is -2.24. The second-order valence-electron chi connectivity index (χ2n) is 4.71. The molecule has 1 aliphatic heterocycles. The van der Waals surface area contributed by atoms with E-state index in [-0.39, 0.29) is 11.8 Å². The lowest BCUT2D eigenvalue weighted by molar-refractivity contribution is -0.149. The molecule has 0 bridgehead atoms. The fourth-order valence-electron chi connectivity index (χ4n) is 2.39. The van der Waals surface area contributed by atoms with Gasteiger partial charge in [0.1, 0.15) is 6.04 Å². The maximum Gasteiger partial charge on any atom is 0.326 e. The van der Waals surface area contributed by atoms with E-state index in [0.717, 1.165) is 6.42 Å². The van der Waals surface area contributed by atoms with Crippen LogP contribution in [-0.2, 0) is 16.0 Å². The first-order chi connectivity index (χ1) is 8.59. The maximum atomic E-state index is 12.3. The van der Waals surface area contributed by atoms with Crippen molar-refractivity contribution in [3.05, 3.63) is 22.4 Å². The average Bonchev–Trinajstić information content (AvgIpc) is 2.97. The van der Waals surface area contributed by atoms with Crippen molar-refractivity contribution in [2.45, 2.75) is 32.2 Å². The number of hydrogen-bond acceptors (Lipinski definition) is 3. The van der Waals surface area contributed by atoms with Crippen molar-refractivity contribution in [2.24, 2.45) is 5.92 Å². The molecule has 1 aliphatic rings. The lowest BCUT2D eigenvalue weighted by Crippen LogP contribution is -2.43. The number of carbonyl (C=O) groups excluding carboxylic acids is 1. The molecule has 1 aromatic heterocycles. The topological polar surface area (TPSA) is 57.6 Å². The quantitative estimate of drug-likeness (QED) is 0.907. The van der Waals surface area contributed by atoms with E-state index in [1.165, 1.54) is 9.78 Å². The van der Waals surface area contributed by atoms with Crippen LogP contribution in [0.15, 0.2) is 17.5 Å². The number of rotatable bonds is 4. The molecule has 0 spiro atoms. The first-order valence-electron chi connectivity index (χ1n) is 6.15. The van der Waals surface area contributed by atoms with Crippen LogP contribution in [0.1, 0.15) is 24.6 Å². The van der Waals surface area contributed by atoms with Crippen molar-refractivity contribution in [3.63, 3.8) is 0 Å². The molecular formula is C13H17NO3S. The fraction of sp³-hybridized carbons (Fsp3) is 0.538. The Morgan fingerprint density at radius 2 is 2.39 bits per heavy atom. The highest BCUT2D eigenvalue weighted by atomic mass is 32.1. The summed E-state index contributed by atoms with van der Waals surface area (Å²) in [6, 6.07) is 3.35. The van der Waals surface area contributed by atoms with Crippen LogP contribution in [0.5, 0.6) is 0 Å². The van der Waals surface area contributed by atoms with E-state index in [9.17, 15) is 9.59 Å². The van der Waals surface area contributed by atoms with Gasteiger partial charge in [0.25, 0.3) is 0 Å². The Morgan fingerprint density at radius 1 is 1.61 bits per heavy atom. The lowest BCUT2D eigenvalue weighted by atomic mass is 10.0. The smallest absolute Gasteiger partial charge is 0.326 e. The van der Waals surface area contributed by atoms with E-state index in [2.05, 4.69) is 0 Å². The third kappa shape index (κ3) is 2.72. The number of likely N-dealkylation sites (tertiary alicyclic amines) is 1. The fourth-order valence-corrected chi connectivity index (χ4v) is 3.22. The Kier molecular flexibility index (Phi) is 4.01. The van der Waals surface area contributed by atoms with E-state index in [1.807, 2.05) is 24.4 Å². The molecule has 1 aromatic rings. The number of nitrogens with zero attached hydrogens (tertiary/aromatic N) is 1. The van der Waals surface area contributed by atoms with Crippen LogP contribution in [0.25, 0.3) is 0 Å². The standard InChI is InChI=1S/C13H17NO3S/c1-9(8-10-4-3-7-18-10)12(15)14-6-2-5-11(14)13(16)17/h3-4,7,9,11H,2,5-6,8H2,1H3,(H,16,17). The Morgan fingerprint density at radius 3 is 3.00 bits per heavy atom. The summed E-state index contributed by atoms with van der Waals surface area (Å²) in [7, 11) is 0. The minimum Gasteiger partial charge on any atom is -0.480 e. The highest BCUT2D eigenvalue weighted by Gasteiger charge is 2.35. The molecule has 18 heavy (non-hydrogen) atoms. The second-order valence-corrected chi connectivity index (χ2v) is 5.74. The molecule has 1 fully saturated rings. The van der Waals surface area contributed by atoms with E-state index < -0.39 is 12.0 Å². The van der Waals surface area contributed by atoms with E-state index in [4.69, 9.17) is 5.11 Å². The monoisotopic (exact) mass is 267 g/mol. The van der Waals surface area contributed by atoms with Crippen LogP contribution in [0, 0.1) is 5.92 Å². The Balaban J connectivity index is 1.99. The van der Waals surface area contributed by atoms with Crippen LogP contribution in [-0.4, -0.2) is 34.5 Å². The molecule has 5 heteroatoms. The van der Waals surface area contributed by atoms with Crippen molar-refractivity contribution >= 4 is 23.2 Å². The molecule has 1 N–H and O–H groups in total. The molecule has 2 heterocycles. The van der Waals surface area contributed by atoms with Crippen LogP contribution < -0.4 is 0 Å². The summed E-state index contributed by atoms with van der Waals surface area (Å²) in [5, 5.41) is 11.1. The second kappa shape index (κ2) is 5.52. The first-order valence-corrected chi connectivity index (χ1v) is 7.03. The highest BCUT2D eigenvalue weighted by Crippen LogP contribution is 2.22. The van der Waals surface area contributed by atoms with Gasteiger partial charge in [0, 0.05) is 17.3 Å². The number of carbonyl (C=O) groups is 2. The largest absolute Gasteiger partial charge is 0.480 e. The van der Waals surface area contributed by atoms with Gasteiger partial charge in [0.15, 0.2) is 0 Å². The minimum atomic E-state index is -0.885. The van der Waals surface area contributed by atoms with Crippen molar-refractivity contribution in [3.8, 4) is 0 Å². The molecule has 0 aliphatic carbocycles. The van der Waals surface area contributed by atoms with Crippen LogP contribution in [0.2, 0.25) is 0 Å². The molecule has 98 valence electrons. The van der Waals surface area contributed by atoms with Gasteiger partial charge in [-0.3, -0.25) is 4.79 Å². The average molecular weight is 267 g/mol. The summed E-state index contributed by atoms with van der Waals surface area (Å²) in [6.07, 6.45) is 2.06. The molecule has 1 saturated heterocycles. The zero-order valence-electron chi connectivity index (χ0n) is 10.3.